The molecule has 0 aliphatic heterocycles. The molecule has 1 aromatic heterocycles. The molecule has 0 radical (unpaired) electrons. The maximum absolute atomic E-state index is 2.27. The van der Waals surface area contributed by atoms with E-state index in [4.69, 9.17) is 0 Å². The van der Waals surface area contributed by atoms with Crippen molar-refractivity contribution < 1.29 is 0 Å². The third-order valence-corrected chi connectivity index (χ3v) is 3.14. The fourth-order valence-electron chi connectivity index (χ4n) is 1.54. The van der Waals surface area contributed by atoms with Gasteiger partial charge >= 0.3 is 80.6 Å². The van der Waals surface area contributed by atoms with Crippen LogP contribution in [0.15, 0.2) is 30.3 Å². The van der Waals surface area contributed by atoms with Crippen molar-refractivity contribution in [1.29, 1.82) is 0 Å². The van der Waals surface area contributed by atoms with E-state index in [1.807, 2.05) is 0 Å². The minimum absolute atomic E-state index is 1.16. The standard InChI is InChI=1S/C10H12AsN/c1-12-9(7-11)6-8-4-2-3-5-10(8)12/h2-6H,7,11H2,1H3. The Labute approximate surface area is 80.9 Å². The first-order chi connectivity index (χ1) is 5.83. The summed E-state index contributed by atoms with van der Waals surface area (Å²) in [5.74, 6) is 0. The number of aromatic nitrogens is 1. The van der Waals surface area contributed by atoms with E-state index in [0.717, 1.165) is 5.21 Å². The van der Waals surface area contributed by atoms with Crippen LogP contribution >= 0.6 is 0 Å². The first-order valence-corrected chi connectivity index (χ1v) is 5.77. The molecule has 0 aliphatic carbocycles. The molecule has 2 heteroatoms. The molecular weight excluding hydrogens is 209 g/mol. The Bertz CT molecular complexity index is 403. The molecule has 62 valence electrons. The first-order valence-electron chi connectivity index (χ1n) is 4.06. The quantitative estimate of drug-likeness (QED) is 0.640. The summed E-state index contributed by atoms with van der Waals surface area (Å²) >= 11 is 1.76. The van der Waals surface area contributed by atoms with E-state index in [0.29, 0.717) is 0 Å². The molecule has 0 bridgehead atoms. The molecule has 0 N–H and O–H groups in total. The van der Waals surface area contributed by atoms with Crippen molar-refractivity contribution in [3.8, 4) is 0 Å². The molecule has 0 saturated heterocycles. The van der Waals surface area contributed by atoms with Crippen LogP contribution < -0.4 is 0 Å². The average Bonchev–Trinajstić information content (AvgIpc) is 2.44. The number of hydrogen-bond donors (Lipinski definition) is 0. The number of para-hydroxylation sites is 1. The molecule has 1 aromatic carbocycles. The van der Waals surface area contributed by atoms with E-state index in [1.165, 1.54) is 16.6 Å². The van der Waals surface area contributed by atoms with Gasteiger partial charge in [-0.25, -0.2) is 0 Å². The van der Waals surface area contributed by atoms with Crippen molar-refractivity contribution in [3.63, 3.8) is 0 Å². The van der Waals surface area contributed by atoms with Crippen molar-refractivity contribution in [1.82, 2.24) is 4.57 Å². The van der Waals surface area contributed by atoms with E-state index in [2.05, 4.69) is 41.9 Å². The Morgan fingerprint density at radius 3 is 2.75 bits per heavy atom. The van der Waals surface area contributed by atoms with Gasteiger partial charge in [-0.2, -0.15) is 0 Å². The summed E-state index contributed by atoms with van der Waals surface area (Å²) in [4.78, 5) is 0. The Morgan fingerprint density at radius 1 is 1.33 bits per heavy atom. The van der Waals surface area contributed by atoms with Gasteiger partial charge in [-0.05, 0) is 0 Å². The third-order valence-electron chi connectivity index (χ3n) is 2.26. The number of nitrogens with zero attached hydrogens (tertiary/aromatic N) is 1. The summed E-state index contributed by atoms with van der Waals surface area (Å²) in [7, 11) is 2.14. The van der Waals surface area contributed by atoms with Gasteiger partial charge in [0.15, 0.2) is 0 Å². The van der Waals surface area contributed by atoms with E-state index < -0.39 is 0 Å². The van der Waals surface area contributed by atoms with Crippen LogP contribution in [0.25, 0.3) is 10.9 Å². The molecule has 0 fully saturated rings. The number of benzene rings is 1. The van der Waals surface area contributed by atoms with Crippen LogP contribution in [0.4, 0.5) is 0 Å². The van der Waals surface area contributed by atoms with Gasteiger partial charge in [0.2, 0.25) is 0 Å². The van der Waals surface area contributed by atoms with Gasteiger partial charge < -0.3 is 0 Å². The van der Waals surface area contributed by atoms with Gasteiger partial charge in [0.05, 0.1) is 0 Å². The second-order valence-electron chi connectivity index (χ2n) is 2.96. The molecule has 0 saturated carbocycles. The Hall–Kier alpha value is -0.682. The SMILES string of the molecule is Cn1c(C[AsH2])cc2ccccc21. The van der Waals surface area contributed by atoms with Crippen molar-refractivity contribution in [2.45, 2.75) is 5.21 Å². The van der Waals surface area contributed by atoms with Gasteiger partial charge in [0.25, 0.3) is 0 Å². The Morgan fingerprint density at radius 2 is 2.08 bits per heavy atom. The van der Waals surface area contributed by atoms with Crippen molar-refractivity contribution in [2.75, 3.05) is 0 Å². The second-order valence-corrected chi connectivity index (χ2v) is 3.81. The summed E-state index contributed by atoms with van der Waals surface area (Å²) in [6, 6.07) is 10.8. The van der Waals surface area contributed by atoms with Crippen LogP contribution in [0.5, 0.6) is 0 Å². The van der Waals surface area contributed by atoms with Crippen LogP contribution in [0.1, 0.15) is 5.69 Å². The topological polar surface area (TPSA) is 4.93 Å². The summed E-state index contributed by atoms with van der Waals surface area (Å²) in [5.41, 5.74) is 2.77. The summed E-state index contributed by atoms with van der Waals surface area (Å²) in [5, 5.41) is 2.52. The molecule has 2 rings (SSSR count). The van der Waals surface area contributed by atoms with E-state index in [-0.39, 0.29) is 0 Å². The molecule has 12 heavy (non-hydrogen) atoms. The van der Waals surface area contributed by atoms with Crippen molar-refractivity contribution in [2.24, 2.45) is 7.05 Å². The van der Waals surface area contributed by atoms with E-state index in [1.54, 1.807) is 16.9 Å². The molecule has 1 nitrogen and oxygen atoms in total. The van der Waals surface area contributed by atoms with Gasteiger partial charge in [-0.3, -0.25) is 0 Å². The predicted molar refractivity (Wildman–Crippen MR) is 55.2 cm³/mol. The number of hydrogen-bond acceptors (Lipinski definition) is 0. The normalized spacial score (nSPS) is 10.8. The monoisotopic (exact) mass is 221 g/mol. The van der Waals surface area contributed by atoms with Crippen LogP contribution in [-0.2, 0) is 12.3 Å². The summed E-state index contributed by atoms with van der Waals surface area (Å²) in [6.45, 7) is 0. The van der Waals surface area contributed by atoms with Crippen molar-refractivity contribution >= 4 is 27.8 Å². The van der Waals surface area contributed by atoms with Crippen LogP contribution in [0.3, 0.4) is 0 Å². The molecule has 1 heterocycles. The molecule has 1 unspecified atom stereocenters. The van der Waals surface area contributed by atoms with E-state index >= 15 is 0 Å². The molecule has 2 aromatic rings. The number of aryl methyl sites for hydroxylation is 1. The van der Waals surface area contributed by atoms with Gasteiger partial charge in [-0.1, -0.05) is 0 Å². The predicted octanol–water partition coefficient (Wildman–Crippen LogP) is 1.31. The van der Waals surface area contributed by atoms with Crippen molar-refractivity contribution in [3.05, 3.63) is 36.0 Å². The number of rotatable bonds is 1. The zero-order valence-electron chi connectivity index (χ0n) is 7.12. The van der Waals surface area contributed by atoms with Gasteiger partial charge in [-0.15, -0.1) is 0 Å². The van der Waals surface area contributed by atoms with Gasteiger partial charge in [0, 0.05) is 0 Å². The fourth-order valence-corrected chi connectivity index (χ4v) is 2.36. The zero-order chi connectivity index (χ0) is 8.55. The van der Waals surface area contributed by atoms with Crippen LogP contribution in [-0.4, -0.2) is 21.4 Å². The Balaban J connectivity index is 2.78. The summed E-state index contributed by atoms with van der Waals surface area (Å²) < 4.78 is 2.27. The molecule has 0 amide bonds. The third kappa shape index (κ3) is 1.09. The molecular formula is C10H12AsN. The van der Waals surface area contributed by atoms with Gasteiger partial charge in [0.1, 0.15) is 0 Å². The molecule has 1 atom stereocenters. The van der Waals surface area contributed by atoms with Crippen LogP contribution in [0, 0.1) is 0 Å². The first kappa shape index (κ1) is 7.94. The fraction of sp³-hybridized carbons (Fsp3) is 0.200. The summed E-state index contributed by atoms with van der Waals surface area (Å²) in [6.07, 6.45) is 0. The maximum atomic E-state index is 2.27. The minimum atomic E-state index is 1.16. The molecule has 0 spiro atoms. The number of fused-ring (bicyclic) bond motifs is 1. The molecule has 0 aliphatic rings. The average molecular weight is 221 g/mol. The van der Waals surface area contributed by atoms with E-state index in [9.17, 15) is 0 Å². The second kappa shape index (κ2) is 2.99. The van der Waals surface area contributed by atoms with Crippen LogP contribution in [0.2, 0.25) is 0 Å². The Kier molecular flexibility index (Phi) is 1.98. The zero-order valence-corrected chi connectivity index (χ0v) is 9.54.